The minimum atomic E-state index is 0.763. The lowest BCUT2D eigenvalue weighted by Crippen LogP contribution is -2.03. The number of fused-ring (bicyclic) bond motifs is 1. The average molecular weight is 176 g/mol. The highest BCUT2D eigenvalue weighted by Crippen LogP contribution is 2.25. The minimum Gasteiger partial charge on any atom is -0.494 e. The zero-order valence-corrected chi connectivity index (χ0v) is 8.18. The van der Waals surface area contributed by atoms with E-state index in [1.165, 1.54) is 36.8 Å². The van der Waals surface area contributed by atoms with E-state index in [2.05, 4.69) is 18.2 Å². The van der Waals surface area contributed by atoms with Gasteiger partial charge in [0.2, 0.25) is 0 Å². The van der Waals surface area contributed by atoms with Crippen LogP contribution in [-0.2, 0) is 12.8 Å². The first-order valence-corrected chi connectivity index (χ1v) is 5.15. The van der Waals surface area contributed by atoms with Gasteiger partial charge >= 0.3 is 0 Å². The van der Waals surface area contributed by atoms with Crippen molar-refractivity contribution in [3.8, 4) is 5.75 Å². The second kappa shape index (κ2) is 3.82. The maximum absolute atomic E-state index is 5.47. The van der Waals surface area contributed by atoms with E-state index in [0.29, 0.717) is 0 Å². The number of rotatable bonds is 2. The quantitative estimate of drug-likeness (QED) is 0.673. The Morgan fingerprint density at radius 3 is 2.69 bits per heavy atom. The van der Waals surface area contributed by atoms with E-state index < -0.39 is 0 Å². The van der Waals surface area contributed by atoms with Gasteiger partial charge in [0.1, 0.15) is 5.75 Å². The van der Waals surface area contributed by atoms with Gasteiger partial charge in [0.25, 0.3) is 0 Å². The third kappa shape index (κ3) is 1.85. The summed E-state index contributed by atoms with van der Waals surface area (Å²) in [6.45, 7) is 2.79. The molecule has 1 heteroatoms. The van der Waals surface area contributed by atoms with Crippen molar-refractivity contribution in [3.63, 3.8) is 0 Å². The Hall–Kier alpha value is -0.980. The van der Waals surface area contributed by atoms with Gasteiger partial charge in [0.15, 0.2) is 0 Å². The predicted octanol–water partition coefficient (Wildman–Crippen LogP) is 2.96. The molecule has 0 atom stereocenters. The Morgan fingerprint density at radius 1 is 1.15 bits per heavy atom. The highest BCUT2D eigenvalue weighted by atomic mass is 16.5. The molecule has 0 radical (unpaired) electrons. The van der Waals surface area contributed by atoms with E-state index in [1.54, 1.807) is 0 Å². The van der Waals surface area contributed by atoms with Gasteiger partial charge in [-0.3, -0.25) is 0 Å². The van der Waals surface area contributed by atoms with Crippen LogP contribution in [0, 0.1) is 0 Å². The van der Waals surface area contributed by atoms with Crippen LogP contribution in [0.25, 0.3) is 0 Å². The van der Waals surface area contributed by atoms with Gasteiger partial charge in [-0.2, -0.15) is 0 Å². The van der Waals surface area contributed by atoms with Crippen molar-refractivity contribution >= 4 is 0 Å². The van der Waals surface area contributed by atoms with Gasteiger partial charge < -0.3 is 4.74 Å². The smallest absolute Gasteiger partial charge is 0.119 e. The van der Waals surface area contributed by atoms with Crippen LogP contribution in [0.2, 0.25) is 0 Å². The molecule has 13 heavy (non-hydrogen) atoms. The molecule has 0 N–H and O–H groups in total. The maximum Gasteiger partial charge on any atom is 0.119 e. The topological polar surface area (TPSA) is 9.23 Å². The van der Waals surface area contributed by atoms with E-state index in [9.17, 15) is 0 Å². The van der Waals surface area contributed by atoms with Crippen LogP contribution >= 0.6 is 0 Å². The van der Waals surface area contributed by atoms with Gasteiger partial charge in [-0.05, 0) is 55.9 Å². The summed E-state index contributed by atoms with van der Waals surface area (Å²) in [5.74, 6) is 1.03. The Bertz CT molecular complexity index is 291. The fourth-order valence-electron chi connectivity index (χ4n) is 1.97. The van der Waals surface area contributed by atoms with Crippen LogP contribution in [-0.4, -0.2) is 6.61 Å². The number of ether oxygens (including phenoxy) is 1. The summed E-state index contributed by atoms with van der Waals surface area (Å²) in [5.41, 5.74) is 3.02. The molecular weight excluding hydrogens is 160 g/mol. The Morgan fingerprint density at radius 2 is 1.92 bits per heavy atom. The molecule has 0 fully saturated rings. The van der Waals surface area contributed by atoms with E-state index in [-0.39, 0.29) is 0 Å². The maximum atomic E-state index is 5.47. The summed E-state index contributed by atoms with van der Waals surface area (Å²) in [6.07, 6.45) is 5.17. The molecule has 1 aliphatic rings. The van der Waals surface area contributed by atoms with Gasteiger partial charge in [-0.15, -0.1) is 0 Å². The number of hydrogen-bond acceptors (Lipinski definition) is 1. The van der Waals surface area contributed by atoms with Crippen molar-refractivity contribution in [2.75, 3.05) is 6.61 Å². The van der Waals surface area contributed by atoms with Crippen molar-refractivity contribution in [2.45, 2.75) is 32.6 Å². The molecule has 0 unspecified atom stereocenters. The molecule has 2 rings (SSSR count). The van der Waals surface area contributed by atoms with Gasteiger partial charge in [0.05, 0.1) is 6.61 Å². The summed E-state index contributed by atoms with van der Waals surface area (Å²) >= 11 is 0. The van der Waals surface area contributed by atoms with Crippen molar-refractivity contribution in [3.05, 3.63) is 29.3 Å². The van der Waals surface area contributed by atoms with Crippen LogP contribution in [0.15, 0.2) is 18.2 Å². The predicted molar refractivity (Wildman–Crippen MR) is 54.3 cm³/mol. The van der Waals surface area contributed by atoms with Crippen molar-refractivity contribution in [1.29, 1.82) is 0 Å². The highest BCUT2D eigenvalue weighted by Gasteiger charge is 2.09. The van der Waals surface area contributed by atoms with Crippen LogP contribution in [0.5, 0.6) is 5.75 Å². The van der Waals surface area contributed by atoms with Gasteiger partial charge in [-0.1, -0.05) is 6.07 Å². The van der Waals surface area contributed by atoms with E-state index in [0.717, 1.165) is 12.4 Å². The molecule has 0 bridgehead atoms. The highest BCUT2D eigenvalue weighted by molar-refractivity contribution is 5.37. The molecular formula is C12H16O. The molecule has 70 valence electrons. The van der Waals surface area contributed by atoms with E-state index >= 15 is 0 Å². The lowest BCUT2D eigenvalue weighted by atomic mass is 9.92. The summed E-state index contributed by atoms with van der Waals surface area (Å²) in [7, 11) is 0. The summed E-state index contributed by atoms with van der Waals surface area (Å²) in [6, 6.07) is 6.52. The molecule has 0 saturated heterocycles. The standard InChI is InChI=1S/C12H16O/c1-2-13-12-8-7-10-5-3-4-6-11(10)9-12/h7-9H,2-6H2,1H3. The third-order valence-electron chi connectivity index (χ3n) is 2.63. The first kappa shape index (κ1) is 8.61. The van der Waals surface area contributed by atoms with E-state index in [1.807, 2.05) is 6.92 Å². The molecule has 1 nitrogen and oxygen atoms in total. The molecule has 0 heterocycles. The van der Waals surface area contributed by atoms with Crippen LogP contribution in [0.3, 0.4) is 0 Å². The molecule has 1 aromatic carbocycles. The van der Waals surface area contributed by atoms with Gasteiger partial charge in [0, 0.05) is 0 Å². The number of benzene rings is 1. The Balaban J connectivity index is 2.24. The van der Waals surface area contributed by atoms with Crippen LogP contribution in [0.1, 0.15) is 30.9 Å². The summed E-state index contributed by atoms with van der Waals surface area (Å²) < 4.78 is 5.47. The lowest BCUT2D eigenvalue weighted by Gasteiger charge is -2.16. The van der Waals surface area contributed by atoms with Crippen molar-refractivity contribution in [1.82, 2.24) is 0 Å². The van der Waals surface area contributed by atoms with E-state index in [4.69, 9.17) is 4.74 Å². The summed E-state index contributed by atoms with van der Waals surface area (Å²) in [4.78, 5) is 0. The monoisotopic (exact) mass is 176 g/mol. The number of hydrogen-bond donors (Lipinski definition) is 0. The van der Waals surface area contributed by atoms with Crippen molar-refractivity contribution < 1.29 is 4.74 Å². The normalized spacial score (nSPS) is 15.2. The molecule has 0 spiro atoms. The molecule has 0 saturated carbocycles. The molecule has 1 aliphatic carbocycles. The minimum absolute atomic E-state index is 0.763. The SMILES string of the molecule is CCOc1ccc2c(c1)CCCC2. The average Bonchev–Trinajstić information content (AvgIpc) is 2.18. The molecule has 0 amide bonds. The first-order chi connectivity index (χ1) is 6.40. The molecule has 0 aliphatic heterocycles. The zero-order chi connectivity index (χ0) is 9.10. The second-order valence-electron chi connectivity index (χ2n) is 3.57. The fourth-order valence-corrected chi connectivity index (χ4v) is 1.97. The Labute approximate surface area is 79.7 Å². The lowest BCUT2D eigenvalue weighted by molar-refractivity contribution is 0.339. The first-order valence-electron chi connectivity index (χ1n) is 5.15. The number of aryl methyl sites for hydroxylation is 2. The third-order valence-corrected chi connectivity index (χ3v) is 2.63. The van der Waals surface area contributed by atoms with Crippen LogP contribution in [0.4, 0.5) is 0 Å². The fraction of sp³-hybridized carbons (Fsp3) is 0.500. The largest absolute Gasteiger partial charge is 0.494 e. The van der Waals surface area contributed by atoms with Crippen molar-refractivity contribution in [2.24, 2.45) is 0 Å². The summed E-state index contributed by atoms with van der Waals surface area (Å²) in [5, 5.41) is 0. The molecule has 1 aromatic rings. The van der Waals surface area contributed by atoms with Gasteiger partial charge in [-0.25, -0.2) is 0 Å². The van der Waals surface area contributed by atoms with Crippen LogP contribution < -0.4 is 4.74 Å². The zero-order valence-electron chi connectivity index (χ0n) is 8.18. The molecule has 0 aromatic heterocycles. The Kier molecular flexibility index (Phi) is 2.53. The second-order valence-corrected chi connectivity index (χ2v) is 3.57.